The maximum absolute atomic E-state index is 6.28. The quantitative estimate of drug-likeness (QED) is 0.638. The maximum atomic E-state index is 6.28. The molecular formula is C12H22OPtSi. The Morgan fingerprint density at radius 1 is 1.13 bits per heavy atom. The molecule has 90 valence electrons. The van der Waals surface area contributed by atoms with Crippen LogP contribution in [0, 0.1) is 5.41 Å². The van der Waals surface area contributed by atoms with Gasteiger partial charge in [-0.15, -0.1) is 13.2 Å². The first-order valence-corrected chi connectivity index (χ1v) is 7.53. The first-order chi connectivity index (χ1) is 6.29. The Kier molecular flexibility index (Phi) is 4.80. The molecule has 0 N–H and O–H groups in total. The van der Waals surface area contributed by atoms with Crippen molar-refractivity contribution in [2.24, 2.45) is 5.41 Å². The van der Waals surface area contributed by atoms with Crippen molar-refractivity contribution in [3.63, 3.8) is 0 Å². The predicted molar refractivity (Wildman–Crippen MR) is 64.5 cm³/mol. The third-order valence-corrected chi connectivity index (χ3v) is 7.21. The van der Waals surface area contributed by atoms with E-state index in [4.69, 9.17) is 4.43 Å². The zero-order valence-electron chi connectivity index (χ0n) is 10.2. The molecule has 1 aliphatic rings. The Morgan fingerprint density at radius 2 is 1.60 bits per heavy atom. The minimum atomic E-state index is -1.83. The van der Waals surface area contributed by atoms with E-state index in [0.29, 0.717) is 0 Å². The van der Waals surface area contributed by atoms with Crippen LogP contribution in [0.1, 0.15) is 34.1 Å². The molecule has 1 aliphatic heterocycles. The summed E-state index contributed by atoms with van der Waals surface area (Å²) in [5, 5.41) is 0. The molecule has 0 atom stereocenters. The van der Waals surface area contributed by atoms with Crippen molar-refractivity contribution >= 4 is 8.32 Å². The Morgan fingerprint density at radius 3 is 1.93 bits per heavy atom. The van der Waals surface area contributed by atoms with Crippen molar-refractivity contribution in [1.82, 2.24) is 0 Å². The van der Waals surface area contributed by atoms with Gasteiger partial charge in [0.2, 0.25) is 8.32 Å². The van der Waals surface area contributed by atoms with Gasteiger partial charge in [-0.1, -0.05) is 25.2 Å². The van der Waals surface area contributed by atoms with Crippen molar-refractivity contribution in [2.45, 2.75) is 45.8 Å². The van der Waals surface area contributed by atoms with E-state index in [1.807, 2.05) is 11.4 Å². The molecule has 3 heteroatoms. The minimum absolute atomic E-state index is 0. The van der Waals surface area contributed by atoms with Crippen molar-refractivity contribution in [1.29, 1.82) is 0 Å². The molecular weight excluding hydrogens is 383 g/mol. The summed E-state index contributed by atoms with van der Waals surface area (Å²) in [5.74, 6) is 0. The van der Waals surface area contributed by atoms with Crippen LogP contribution in [0.2, 0.25) is 6.04 Å². The van der Waals surface area contributed by atoms with E-state index < -0.39 is 8.32 Å². The smallest absolute Gasteiger partial charge is 0.241 e. The van der Waals surface area contributed by atoms with Gasteiger partial charge in [-0.25, -0.2) is 0 Å². The molecule has 1 fully saturated rings. The fourth-order valence-corrected chi connectivity index (χ4v) is 4.93. The largest absolute Gasteiger partial charge is 0.404 e. The van der Waals surface area contributed by atoms with Crippen LogP contribution in [0.4, 0.5) is 0 Å². The summed E-state index contributed by atoms with van der Waals surface area (Å²) in [6.07, 6.45) is 1.20. The second kappa shape index (κ2) is 4.69. The summed E-state index contributed by atoms with van der Waals surface area (Å²) in [7, 11) is -1.83. The molecule has 0 radical (unpaired) electrons. The summed E-state index contributed by atoms with van der Waals surface area (Å²) in [6.45, 7) is 16.7. The molecule has 0 spiro atoms. The van der Waals surface area contributed by atoms with E-state index >= 15 is 0 Å². The van der Waals surface area contributed by atoms with Crippen molar-refractivity contribution in [3.8, 4) is 0 Å². The minimum Gasteiger partial charge on any atom is -0.404 e. The second-order valence-corrected chi connectivity index (χ2v) is 8.79. The fraction of sp³-hybridized carbons (Fsp3) is 0.667. The SMILES string of the molecule is C=C[Si]1(C=C)CCC(C)(C)C(C)(C)O1.[Pt]. The van der Waals surface area contributed by atoms with Crippen molar-refractivity contribution < 1.29 is 25.5 Å². The second-order valence-electron chi connectivity index (χ2n) is 5.36. The van der Waals surface area contributed by atoms with Crippen molar-refractivity contribution in [3.05, 3.63) is 24.6 Å². The number of rotatable bonds is 2. The molecule has 1 nitrogen and oxygen atoms in total. The topological polar surface area (TPSA) is 9.23 Å². The van der Waals surface area contributed by atoms with Crippen LogP contribution >= 0.6 is 0 Å². The molecule has 15 heavy (non-hydrogen) atoms. The molecule has 1 rings (SSSR count). The van der Waals surface area contributed by atoms with Gasteiger partial charge in [0.05, 0.1) is 5.60 Å². The average Bonchev–Trinajstić information content (AvgIpc) is 2.10. The van der Waals surface area contributed by atoms with Gasteiger partial charge in [-0.2, -0.15) is 0 Å². The van der Waals surface area contributed by atoms with E-state index in [2.05, 4.69) is 40.9 Å². The van der Waals surface area contributed by atoms with E-state index in [0.717, 1.165) is 6.04 Å². The van der Waals surface area contributed by atoms with Gasteiger partial charge in [-0.05, 0) is 31.7 Å². The number of hydrogen-bond acceptors (Lipinski definition) is 1. The Labute approximate surface area is 109 Å². The van der Waals surface area contributed by atoms with Gasteiger partial charge >= 0.3 is 0 Å². The molecule has 0 amide bonds. The predicted octanol–water partition coefficient (Wildman–Crippen LogP) is 3.60. The third-order valence-electron chi connectivity index (χ3n) is 3.91. The summed E-state index contributed by atoms with van der Waals surface area (Å²) in [6, 6.07) is 1.12. The van der Waals surface area contributed by atoms with Crippen LogP contribution in [0.5, 0.6) is 0 Å². The average molecular weight is 405 g/mol. The molecule has 0 aromatic carbocycles. The zero-order valence-corrected chi connectivity index (χ0v) is 13.5. The van der Waals surface area contributed by atoms with Gasteiger partial charge < -0.3 is 4.43 Å². The molecule has 0 unspecified atom stereocenters. The Bertz CT molecular complexity index is 250. The molecule has 0 saturated carbocycles. The van der Waals surface area contributed by atoms with E-state index in [1.165, 1.54) is 6.42 Å². The van der Waals surface area contributed by atoms with Gasteiger partial charge in [0.15, 0.2) is 0 Å². The summed E-state index contributed by atoms with van der Waals surface area (Å²) in [5.41, 5.74) is 4.20. The van der Waals surface area contributed by atoms with E-state index in [9.17, 15) is 0 Å². The van der Waals surface area contributed by atoms with Crippen LogP contribution in [0.3, 0.4) is 0 Å². The van der Waals surface area contributed by atoms with Crippen molar-refractivity contribution in [2.75, 3.05) is 0 Å². The molecule has 0 aromatic heterocycles. The first-order valence-electron chi connectivity index (χ1n) is 5.26. The van der Waals surface area contributed by atoms with Gasteiger partial charge in [0.25, 0.3) is 0 Å². The Balaban J connectivity index is 0.00000196. The van der Waals surface area contributed by atoms with Gasteiger partial charge in [0, 0.05) is 21.1 Å². The summed E-state index contributed by atoms with van der Waals surface area (Å²) < 4.78 is 6.28. The van der Waals surface area contributed by atoms with Crippen LogP contribution in [-0.2, 0) is 25.5 Å². The standard InChI is InChI=1S/C12H22OSi.Pt/c1-7-14(8-2)10-9-11(3,4)12(5,6)13-14;/h7-8H,1-2,9-10H2,3-6H3;. The number of hydrogen-bond donors (Lipinski definition) is 0. The van der Waals surface area contributed by atoms with Crippen LogP contribution in [0.15, 0.2) is 24.6 Å². The molecule has 0 bridgehead atoms. The van der Waals surface area contributed by atoms with E-state index in [-0.39, 0.29) is 32.1 Å². The molecule has 0 aromatic rings. The summed E-state index contributed by atoms with van der Waals surface area (Å²) in [4.78, 5) is 0. The first kappa shape index (κ1) is 15.3. The monoisotopic (exact) mass is 405 g/mol. The normalized spacial score (nSPS) is 26.1. The Hall–Kier alpha value is 0.345. The van der Waals surface area contributed by atoms with Crippen LogP contribution in [-0.4, -0.2) is 13.9 Å². The van der Waals surface area contributed by atoms with Gasteiger partial charge in [0.1, 0.15) is 0 Å². The maximum Gasteiger partial charge on any atom is 0.241 e. The van der Waals surface area contributed by atoms with Crippen LogP contribution < -0.4 is 0 Å². The molecule has 0 aliphatic carbocycles. The zero-order chi connectivity index (χ0) is 11.0. The van der Waals surface area contributed by atoms with Gasteiger partial charge in [-0.3, -0.25) is 0 Å². The van der Waals surface area contributed by atoms with Crippen LogP contribution in [0.25, 0.3) is 0 Å². The summed E-state index contributed by atoms with van der Waals surface area (Å²) >= 11 is 0. The molecule has 1 heterocycles. The van der Waals surface area contributed by atoms with E-state index in [1.54, 1.807) is 0 Å². The fourth-order valence-electron chi connectivity index (χ4n) is 1.84. The third kappa shape index (κ3) is 2.72. The molecule has 1 saturated heterocycles.